The Balaban J connectivity index is 1.59. The van der Waals surface area contributed by atoms with E-state index in [0.717, 1.165) is 16.8 Å². The van der Waals surface area contributed by atoms with Crippen molar-refractivity contribution in [2.45, 2.75) is 6.54 Å². The molecule has 0 aliphatic carbocycles. The fraction of sp³-hybridized carbons (Fsp3) is 0.0400. The molecule has 0 saturated heterocycles. The van der Waals surface area contributed by atoms with Crippen molar-refractivity contribution in [1.82, 2.24) is 5.32 Å². The number of carbonyl (C=O) groups excluding carboxylic acids is 1. The minimum Gasteiger partial charge on any atom is -0.396 e. The number of nitrogens with two attached hydrogens (primary N) is 1. The molecule has 31 heavy (non-hydrogen) atoms. The molecule has 0 radical (unpaired) electrons. The van der Waals surface area contributed by atoms with E-state index in [1.807, 2.05) is 36.4 Å². The summed E-state index contributed by atoms with van der Waals surface area (Å²) < 4.78 is 27.8. The summed E-state index contributed by atoms with van der Waals surface area (Å²) in [5.41, 5.74) is 7.33. The van der Waals surface area contributed by atoms with Gasteiger partial charge < -0.3 is 11.1 Å². The third kappa shape index (κ3) is 4.28. The van der Waals surface area contributed by atoms with Gasteiger partial charge >= 0.3 is 0 Å². The van der Waals surface area contributed by atoms with Gasteiger partial charge in [-0.3, -0.25) is 10.2 Å². The standard InChI is InChI=1S/C25H19F2N3O/c26-20-7-3-6-19(13-20)25(31)30-14-15-10-21(24(29)22(27)11-15)23(28)18-9-8-16-4-1-2-5-17(16)12-18/h1-13,28H,14,29H2,(H,30,31). The lowest BCUT2D eigenvalue weighted by Crippen LogP contribution is -2.23. The SMILES string of the molecule is N=C(c1ccc2ccccc2c1)c1cc(CNC(=O)c2cccc(F)c2)cc(F)c1N. The summed E-state index contributed by atoms with van der Waals surface area (Å²) in [4.78, 5) is 12.2. The molecule has 0 aliphatic heterocycles. The van der Waals surface area contributed by atoms with Crippen molar-refractivity contribution < 1.29 is 13.6 Å². The van der Waals surface area contributed by atoms with E-state index < -0.39 is 17.5 Å². The van der Waals surface area contributed by atoms with Crippen LogP contribution in [0.5, 0.6) is 0 Å². The van der Waals surface area contributed by atoms with E-state index >= 15 is 0 Å². The summed E-state index contributed by atoms with van der Waals surface area (Å²) in [6, 6.07) is 21.4. The Labute approximate surface area is 177 Å². The van der Waals surface area contributed by atoms with Crippen LogP contribution >= 0.6 is 0 Å². The summed E-state index contributed by atoms with van der Waals surface area (Å²) in [5, 5.41) is 13.2. The highest BCUT2D eigenvalue weighted by Gasteiger charge is 2.15. The van der Waals surface area contributed by atoms with Gasteiger partial charge in [-0.15, -0.1) is 0 Å². The van der Waals surface area contributed by atoms with Gasteiger partial charge in [0.25, 0.3) is 5.91 Å². The number of carbonyl (C=O) groups is 1. The van der Waals surface area contributed by atoms with E-state index in [1.165, 1.54) is 24.3 Å². The van der Waals surface area contributed by atoms with Crippen LogP contribution in [0.3, 0.4) is 0 Å². The summed E-state index contributed by atoms with van der Waals surface area (Å²) in [7, 11) is 0. The molecular formula is C25H19F2N3O. The Bertz CT molecular complexity index is 1320. The summed E-state index contributed by atoms with van der Waals surface area (Å²) in [6.07, 6.45) is 0. The zero-order chi connectivity index (χ0) is 22.0. The van der Waals surface area contributed by atoms with E-state index in [1.54, 1.807) is 12.1 Å². The smallest absolute Gasteiger partial charge is 0.251 e. The first-order valence-electron chi connectivity index (χ1n) is 9.62. The van der Waals surface area contributed by atoms with E-state index in [-0.39, 0.29) is 29.1 Å². The lowest BCUT2D eigenvalue weighted by atomic mass is 9.96. The molecule has 1 amide bonds. The van der Waals surface area contributed by atoms with Crippen LogP contribution < -0.4 is 11.1 Å². The van der Waals surface area contributed by atoms with Crippen LogP contribution in [0.25, 0.3) is 10.8 Å². The Morgan fingerprint density at radius 3 is 2.42 bits per heavy atom. The van der Waals surface area contributed by atoms with Crippen LogP contribution in [0.1, 0.15) is 27.0 Å². The van der Waals surface area contributed by atoms with Crippen molar-refractivity contribution >= 4 is 28.1 Å². The van der Waals surface area contributed by atoms with Gasteiger partial charge in [0.1, 0.15) is 11.6 Å². The molecule has 4 nitrogen and oxygen atoms in total. The highest BCUT2D eigenvalue weighted by molar-refractivity contribution is 6.15. The van der Waals surface area contributed by atoms with E-state index in [9.17, 15) is 13.6 Å². The number of halogens is 2. The molecule has 4 rings (SSSR count). The van der Waals surface area contributed by atoms with Gasteiger partial charge in [-0.1, -0.05) is 42.5 Å². The molecule has 6 heteroatoms. The zero-order valence-corrected chi connectivity index (χ0v) is 16.5. The zero-order valence-electron chi connectivity index (χ0n) is 16.5. The average molecular weight is 415 g/mol. The van der Waals surface area contributed by atoms with Crippen LogP contribution in [0.2, 0.25) is 0 Å². The van der Waals surface area contributed by atoms with Crippen molar-refractivity contribution in [3.05, 3.63) is 113 Å². The third-order valence-electron chi connectivity index (χ3n) is 5.04. The average Bonchev–Trinajstić information content (AvgIpc) is 2.78. The van der Waals surface area contributed by atoms with Crippen molar-refractivity contribution in [3.63, 3.8) is 0 Å². The monoisotopic (exact) mass is 415 g/mol. The highest BCUT2D eigenvalue weighted by Crippen LogP contribution is 2.24. The maximum atomic E-state index is 14.5. The van der Waals surface area contributed by atoms with Gasteiger partial charge in [0, 0.05) is 23.2 Å². The molecule has 0 fully saturated rings. The first kappa shape index (κ1) is 20.2. The van der Waals surface area contributed by atoms with Gasteiger partial charge in [-0.25, -0.2) is 8.78 Å². The minimum absolute atomic E-state index is 0.00451. The number of hydrogen-bond donors (Lipinski definition) is 3. The second-order valence-corrected chi connectivity index (χ2v) is 7.17. The molecule has 4 aromatic carbocycles. The normalized spacial score (nSPS) is 10.8. The molecule has 154 valence electrons. The van der Waals surface area contributed by atoms with Gasteiger partial charge in [0.05, 0.1) is 11.4 Å². The minimum atomic E-state index is -0.668. The molecule has 4 aromatic rings. The molecule has 0 atom stereocenters. The Hall–Kier alpha value is -4.06. The summed E-state index contributed by atoms with van der Waals surface area (Å²) >= 11 is 0. The van der Waals surface area contributed by atoms with Gasteiger partial charge in [-0.2, -0.15) is 0 Å². The summed E-state index contributed by atoms with van der Waals surface area (Å²) in [6.45, 7) is 0.00451. The van der Waals surface area contributed by atoms with Crippen LogP contribution in [0, 0.1) is 17.0 Å². The summed E-state index contributed by atoms with van der Waals surface area (Å²) in [5.74, 6) is -1.67. The number of fused-ring (bicyclic) bond motifs is 1. The third-order valence-corrected chi connectivity index (χ3v) is 5.04. The van der Waals surface area contributed by atoms with Gasteiger partial charge in [0.2, 0.25) is 0 Å². The molecule has 0 unspecified atom stereocenters. The second kappa shape index (κ2) is 8.36. The van der Waals surface area contributed by atoms with E-state index in [4.69, 9.17) is 11.1 Å². The van der Waals surface area contributed by atoms with E-state index in [0.29, 0.717) is 11.1 Å². The lowest BCUT2D eigenvalue weighted by molar-refractivity contribution is 0.0950. The molecule has 0 heterocycles. The fourth-order valence-electron chi connectivity index (χ4n) is 3.40. The first-order chi connectivity index (χ1) is 14.9. The number of nitrogen functional groups attached to an aromatic ring is 1. The van der Waals surface area contributed by atoms with Gasteiger partial charge in [-0.05, 0) is 52.7 Å². The van der Waals surface area contributed by atoms with Crippen molar-refractivity contribution in [1.29, 1.82) is 5.41 Å². The lowest BCUT2D eigenvalue weighted by Gasteiger charge is -2.13. The molecule has 0 saturated carbocycles. The number of rotatable bonds is 5. The second-order valence-electron chi connectivity index (χ2n) is 7.17. The topological polar surface area (TPSA) is 79.0 Å². The van der Waals surface area contributed by atoms with E-state index in [2.05, 4.69) is 5.32 Å². The number of hydrogen-bond acceptors (Lipinski definition) is 3. The maximum absolute atomic E-state index is 14.5. The first-order valence-corrected chi connectivity index (χ1v) is 9.62. The fourth-order valence-corrected chi connectivity index (χ4v) is 3.40. The highest BCUT2D eigenvalue weighted by atomic mass is 19.1. The number of nitrogens with one attached hydrogen (secondary N) is 2. The number of benzene rings is 4. The molecule has 4 N–H and O–H groups in total. The van der Waals surface area contributed by atoms with Crippen molar-refractivity contribution in [3.8, 4) is 0 Å². The molecule has 0 aromatic heterocycles. The Morgan fingerprint density at radius 2 is 1.65 bits per heavy atom. The molecule has 0 bridgehead atoms. The van der Waals surface area contributed by atoms with Crippen LogP contribution in [-0.2, 0) is 6.54 Å². The molecular weight excluding hydrogens is 396 g/mol. The largest absolute Gasteiger partial charge is 0.396 e. The predicted octanol–water partition coefficient (Wildman–Crippen LogP) is 5.05. The predicted molar refractivity (Wildman–Crippen MR) is 118 cm³/mol. The van der Waals surface area contributed by atoms with Crippen molar-refractivity contribution in [2.75, 3.05) is 5.73 Å². The van der Waals surface area contributed by atoms with Crippen LogP contribution in [0.15, 0.2) is 78.9 Å². The molecule has 0 spiro atoms. The van der Waals surface area contributed by atoms with Gasteiger partial charge in [0.15, 0.2) is 0 Å². The van der Waals surface area contributed by atoms with Crippen molar-refractivity contribution in [2.24, 2.45) is 0 Å². The Morgan fingerprint density at radius 1 is 0.871 bits per heavy atom. The number of amides is 1. The van der Waals surface area contributed by atoms with Crippen LogP contribution in [0.4, 0.5) is 14.5 Å². The molecule has 0 aliphatic rings. The Kier molecular flexibility index (Phi) is 5.45. The number of anilines is 1. The maximum Gasteiger partial charge on any atom is 0.251 e. The van der Waals surface area contributed by atoms with Crippen LogP contribution in [-0.4, -0.2) is 11.6 Å². The quantitative estimate of drug-likeness (QED) is 0.315.